The molecule has 0 aromatic heterocycles. The SMILES string of the molecule is CNC(=O)C1CCN(C(=O)CSCC(=O)O)CC1. The molecule has 1 fully saturated rings. The molecule has 6 nitrogen and oxygen atoms in total. The topological polar surface area (TPSA) is 86.7 Å². The van der Waals surface area contributed by atoms with Crippen LogP contribution < -0.4 is 5.32 Å². The second-order valence-corrected chi connectivity index (χ2v) is 5.14. The lowest BCUT2D eigenvalue weighted by Gasteiger charge is -2.31. The molecule has 2 N–H and O–H groups in total. The molecule has 0 saturated carbocycles. The van der Waals surface area contributed by atoms with Crippen LogP contribution in [-0.4, -0.2) is 59.4 Å². The van der Waals surface area contributed by atoms with Crippen molar-refractivity contribution in [3.63, 3.8) is 0 Å². The van der Waals surface area contributed by atoms with Gasteiger partial charge in [-0.05, 0) is 12.8 Å². The number of hydrogen-bond acceptors (Lipinski definition) is 4. The summed E-state index contributed by atoms with van der Waals surface area (Å²) in [4.78, 5) is 35.2. The molecule has 0 aliphatic carbocycles. The first-order valence-electron chi connectivity index (χ1n) is 5.83. The summed E-state index contributed by atoms with van der Waals surface area (Å²) in [5.74, 6) is -0.798. The third kappa shape index (κ3) is 4.56. The minimum absolute atomic E-state index is 0.00859. The Labute approximate surface area is 110 Å². The Morgan fingerprint density at radius 3 is 2.39 bits per heavy atom. The van der Waals surface area contributed by atoms with Crippen LogP contribution >= 0.6 is 11.8 Å². The minimum Gasteiger partial charge on any atom is -0.481 e. The lowest BCUT2D eigenvalue weighted by molar-refractivity contribution is -0.134. The number of piperidine rings is 1. The predicted molar refractivity (Wildman–Crippen MR) is 68.3 cm³/mol. The number of nitrogens with one attached hydrogen (secondary N) is 1. The molecule has 18 heavy (non-hydrogen) atoms. The van der Waals surface area contributed by atoms with Crippen molar-refractivity contribution in [1.82, 2.24) is 10.2 Å². The zero-order valence-electron chi connectivity index (χ0n) is 10.3. The molecule has 0 radical (unpaired) electrons. The smallest absolute Gasteiger partial charge is 0.313 e. The van der Waals surface area contributed by atoms with E-state index in [0.29, 0.717) is 25.9 Å². The van der Waals surface area contributed by atoms with Gasteiger partial charge < -0.3 is 15.3 Å². The highest BCUT2D eigenvalue weighted by Crippen LogP contribution is 2.18. The number of amides is 2. The molecule has 0 bridgehead atoms. The monoisotopic (exact) mass is 274 g/mol. The average molecular weight is 274 g/mol. The number of hydrogen-bond donors (Lipinski definition) is 2. The van der Waals surface area contributed by atoms with Crippen molar-refractivity contribution in [2.75, 3.05) is 31.6 Å². The van der Waals surface area contributed by atoms with Gasteiger partial charge in [-0.3, -0.25) is 14.4 Å². The van der Waals surface area contributed by atoms with Crippen molar-refractivity contribution >= 4 is 29.5 Å². The summed E-state index contributed by atoms with van der Waals surface area (Å²) in [6, 6.07) is 0. The maximum atomic E-state index is 11.7. The van der Waals surface area contributed by atoms with Gasteiger partial charge in [0.25, 0.3) is 0 Å². The summed E-state index contributed by atoms with van der Waals surface area (Å²) in [7, 11) is 1.61. The maximum absolute atomic E-state index is 11.7. The third-order valence-corrected chi connectivity index (χ3v) is 3.82. The van der Waals surface area contributed by atoms with Crippen molar-refractivity contribution in [3.05, 3.63) is 0 Å². The quantitative estimate of drug-likeness (QED) is 0.724. The van der Waals surface area contributed by atoms with Crippen molar-refractivity contribution in [2.45, 2.75) is 12.8 Å². The van der Waals surface area contributed by atoms with Gasteiger partial charge in [0.15, 0.2) is 0 Å². The number of aliphatic carboxylic acids is 1. The second-order valence-electron chi connectivity index (χ2n) is 4.16. The van der Waals surface area contributed by atoms with Crippen molar-refractivity contribution in [3.8, 4) is 0 Å². The fourth-order valence-electron chi connectivity index (χ4n) is 1.91. The number of nitrogens with zero attached hydrogens (tertiary/aromatic N) is 1. The van der Waals surface area contributed by atoms with Gasteiger partial charge >= 0.3 is 5.97 Å². The van der Waals surface area contributed by atoms with Crippen LogP contribution in [0.4, 0.5) is 0 Å². The van der Waals surface area contributed by atoms with E-state index < -0.39 is 5.97 Å². The van der Waals surface area contributed by atoms with Gasteiger partial charge in [-0.15, -0.1) is 11.8 Å². The number of carboxylic acids is 1. The van der Waals surface area contributed by atoms with Gasteiger partial charge in [0.1, 0.15) is 0 Å². The molecule has 1 rings (SSSR count). The van der Waals surface area contributed by atoms with Gasteiger partial charge in [-0.1, -0.05) is 0 Å². The van der Waals surface area contributed by atoms with E-state index in [9.17, 15) is 14.4 Å². The summed E-state index contributed by atoms with van der Waals surface area (Å²) in [6.45, 7) is 1.15. The molecule has 0 atom stereocenters. The number of carbonyl (C=O) groups is 3. The molecule has 1 aliphatic heterocycles. The Kier molecular flexibility index (Phi) is 5.97. The number of carboxylic acid groups (broad SMARTS) is 1. The van der Waals surface area contributed by atoms with Crippen LogP contribution in [0.5, 0.6) is 0 Å². The standard InChI is InChI=1S/C11H18N2O4S/c1-12-11(17)8-2-4-13(5-3-8)9(14)6-18-7-10(15)16/h8H,2-7H2,1H3,(H,12,17)(H,15,16). The molecular formula is C11H18N2O4S. The molecule has 1 heterocycles. The number of likely N-dealkylation sites (tertiary alicyclic amines) is 1. The highest BCUT2D eigenvalue weighted by atomic mass is 32.2. The second kappa shape index (κ2) is 7.25. The van der Waals surface area contributed by atoms with E-state index in [1.165, 1.54) is 0 Å². The Morgan fingerprint density at radius 2 is 1.89 bits per heavy atom. The molecule has 0 unspecified atom stereocenters. The minimum atomic E-state index is -0.911. The van der Waals surface area contributed by atoms with E-state index >= 15 is 0 Å². The molecule has 7 heteroatoms. The maximum Gasteiger partial charge on any atom is 0.313 e. The summed E-state index contributed by atoms with van der Waals surface area (Å²) >= 11 is 1.10. The Morgan fingerprint density at radius 1 is 1.28 bits per heavy atom. The number of thioether (sulfide) groups is 1. The van der Waals surface area contributed by atoms with Crippen LogP contribution in [-0.2, 0) is 14.4 Å². The van der Waals surface area contributed by atoms with E-state index in [0.717, 1.165) is 11.8 Å². The van der Waals surface area contributed by atoms with E-state index in [2.05, 4.69) is 5.32 Å². The van der Waals surface area contributed by atoms with E-state index in [4.69, 9.17) is 5.11 Å². The van der Waals surface area contributed by atoms with Gasteiger partial charge in [-0.2, -0.15) is 0 Å². The van der Waals surface area contributed by atoms with Gasteiger partial charge in [0.2, 0.25) is 11.8 Å². The molecule has 0 spiro atoms. The zero-order valence-corrected chi connectivity index (χ0v) is 11.2. The molecule has 0 aromatic carbocycles. The lowest BCUT2D eigenvalue weighted by atomic mass is 9.96. The normalized spacial score (nSPS) is 16.4. The highest BCUT2D eigenvalue weighted by molar-refractivity contribution is 8.00. The predicted octanol–water partition coefficient (Wildman–Crippen LogP) is -0.211. The van der Waals surface area contributed by atoms with E-state index in [-0.39, 0.29) is 29.2 Å². The van der Waals surface area contributed by atoms with Crippen molar-refractivity contribution in [1.29, 1.82) is 0 Å². The van der Waals surface area contributed by atoms with Crippen LogP contribution in [0.15, 0.2) is 0 Å². The number of rotatable bonds is 5. The van der Waals surface area contributed by atoms with Gasteiger partial charge in [0, 0.05) is 26.1 Å². The fraction of sp³-hybridized carbons (Fsp3) is 0.727. The third-order valence-electron chi connectivity index (χ3n) is 2.92. The van der Waals surface area contributed by atoms with E-state index in [1.54, 1.807) is 11.9 Å². The first kappa shape index (κ1) is 14.8. The van der Waals surface area contributed by atoms with Crippen LogP contribution in [0.25, 0.3) is 0 Å². The van der Waals surface area contributed by atoms with Crippen molar-refractivity contribution in [2.24, 2.45) is 5.92 Å². The summed E-state index contributed by atoms with van der Waals surface area (Å²) in [6.07, 6.45) is 1.35. The van der Waals surface area contributed by atoms with Crippen LogP contribution in [0.3, 0.4) is 0 Å². The number of carbonyl (C=O) groups excluding carboxylic acids is 2. The highest BCUT2D eigenvalue weighted by Gasteiger charge is 2.26. The molecular weight excluding hydrogens is 256 g/mol. The molecule has 1 aliphatic rings. The van der Waals surface area contributed by atoms with Crippen molar-refractivity contribution < 1.29 is 19.5 Å². The molecule has 102 valence electrons. The van der Waals surface area contributed by atoms with Gasteiger partial charge in [-0.25, -0.2) is 0 Å². The summed E-state index contributed by atoms with van der Waals surface area (Å²) in [5.41, 5.74) is 0. The Hall–Kier alpha value is -1.24. The Bertz CT molecular complexity index is 327. The first-order chi connectivity index (χ1) is 8.54. The summed E-state index contributed by atoms with van der Waals surface area (Å²) < 4.78 is 0. The van der Waals surface area contributed by atoms with Crippen LogP contribution in [0, 0.1) is 5.92 Å². The van der Waals surface area contributed by atoms with E-state index in [1.807, 2.05) is 0 Å². The lowest BCUT2D eigenvalue weighted by Crippen LogP contribution is -2.43. The van der Waals surface area contributed by atoms with Gasteiger partial charge in [0.05, 0.1) is 11.5 Å². The summed E-state index contributed by atoms with van der Waals surface area (Å²) in [5, 5.41) is 11.1. The zero-order chi connectivity index (χ0) is 13.5. The molecule has 1 saturated heterocycles. The largest absolute Gasteiger partial charge is 0.481 e. The molecule has 0 aromatic rings. The average Bonchev–Trinajstić information content (AvgIpc) is 2.37. The van der Waals surface area contributed by atoms with Crippen LogP contribution in [0.1, 0.15) is 12.8 Å². The van der Waals surface area contributed by atoms with Crippen LogP contribution in [0.2, 0.25) is 0 Å². The Balaban J connectivity index is 2.27. The molecule has 2 amide bonds. The first-order valence-corrected chi connectivity index (χ1v) is 6.99. The fourth-order valence-corrected chi connectivity index (χ4v) is 2.55.